The predicted molar refractivity (Wildman–Crippen MR) is 90.9 cm³/mol. The molecule has 0 radical (unpaired) electrons. The lowest BCUT2D eigenvalue weighted by Crippen LogP contribution is -2.07. The number of nitrogens with zero attached hydrogens (tertiary/aromatic N) is 3. The molecule has 0 N–H and O–H groups in total. The Morgan fingerprint density at radius 3 is 2.43 bits per heavy atom. The average molecular weight is 277 g/mol. The van der Waals surface area contributed by atoms with E-state index in [9.17, 15) is 0 Å². The highest BCUT2D eigenvalue weighted by Gasteiger charge is 2.03. The van der Waals surface area contributed by atoms with Gasteiger partial charge < -0.3 is 9.47 Å². The smallest absolute Gasteiger partial charge is 0.0631 e. The second-order valence-electron chi connectivity index (χ2n) is 5.38. The summed E-state index contributed by atoms with van der Waals surface area (Å²) in [4.78, 5) is 6.67. The van der Waals surface area contributed by atoms with Crippen LogP contribution in [0.1, 0.15) is 5.56 Å². The van der Waals surface area contributed by atoms with Crippen LogP contribution in [-0.2, 0) is 7.05 Å². The first-order chi connectivity index (χ1) is 10.1. The number of rotatable bonds is 3. The van der Waals surface area contributed by atoms with Gasteiger partial charge in [-0.1, -0.05) is 18.2 Å². The first-order valence-electron chi connectivity index (χ1n) is 7.00. The maximum atomic E-state index is 4.58. The van der Waals surface area contributed by atoms with Crippen LogP contribution in [0, 0.1) is 0 Å². The minimum Gasteiger partial charge on any atom is -0.378 e. The Kier molecular flexibility index (Phi) is 3.48. The SMILES string of the molecule is CN(C)c1ccc(N=Cc2cn(C)c3ccccc23)cc1. The van der Waals surface area contributed by atoms with Crippen molar-refractivity contribution in [2.45, 2.75) is 0 Å². The van der Waals surface area contributed by atoms with Gasteiger partial charge in [0.25, 0.3) is 0 Å². The fraction of sp³-hybridized carbons (Fsp3) is 0.167. The largest absolute Gasteiger partial charge is 0.378 e. The number of aliphatic imine (C=N–C) groups is 1. The van der Waals surface area contributed by atoms with Crippen molar-refractivity contribution in [3.05, 3.63) is 60.3 Å². The summed E-state index contributed by atoms with van der Waals surface area (Å²) < 4.78 is 2.13. The number of fused-ring (bicyclic) bond motifs is 1. The molecule has 1 aromatic heterocycles. The molecule has 3 nitrogen and oxygen atoms in total. The van der Waals surface area contributed by atoms with Crippen molar-refractivity contribution < 1.29 is 0 Å². The second-order valence-corrected chi connectivity index (χ2v) is 5.38. The molecule has 0 unspecified atom stereocenters. The van der Waals surface area contributed by atoms with E-state index in [0.717, 1.165) is 11.3 Å². The Morgan fingerprint density at radius 1 is 1.00 bits per heavy atom. The van der Waals surface area contributed by atoms with Crippen molar-refractivity contribution in [1.82, 2.24) is 4.57 Å². The van der Waals surface area contributed by atoms with E-state index in [2.05, 4.69) is 64.1 Å². The zero-order valence-electron chi connectivity index (χ0n) is 12.6. The van der Waals surface area contributed by atoms with Gasteiger partial charge in [-0.25, -0.2) is 0 Å². The summed E-state index contributed by atoms with van der Waals surface area (Å²) >= 11 is 0. The molecule has 1 heterocycles. The number of anilines is 1. The van der Waals surface area contributed by atoms with Crippen LogP contribution in [0.15, 0.2) is 59.7 Å². The molecule has 0 bridgehead atoms. The molecule has 3 heteroatoms. The van der Waals surface area contributed by atoms with E-state index in [1.54, 1.807) is 0 Å². The van der Waals surface area contributed by atoms with Gasteiger partial charge in [0.15, 0.2) is 0 Å². The quantitative estimate of drug-likeness (QED) is 0.663. The van der Waals surface area contributed by atoms with Crippen LogP contribution in [-0.4, -0.2) is 24.9 Å². The van der Waals surface area contributed by atoms with Crippen molar-refractivity contribution in [1.29, 1.82) is 0 Å². The van der Waals surface area contributed by atoms with E-state index in [1.165, 1.54) is 16.6 Å². The van der Waals surface area contributed by atoms with Gasteiger partial charge >= 0.3 is 0 Å². The molecule has 21 heavy (non-hydrogen) atoms. The molecule has 3 aromatic rings. The summed E-state index contributed by atoms with van der Waals surface area (Å²) in [5, 5.41) is 1.23. The third kappa shape index (κ3) is 2.68. The minimum absolute atomic E-state index is 0.966. The standard InChI is InChI=1S/C18H19N3/c1-20(2)16-10-8-15(9-11-16)19-12-14-13-21(3)18-7-5-4-6-17(14)18/h4-13H,1-3H3. The van der Waals surface area contributed by atoms with Gasteiger partial charge in [-0.15, -0.1) is 0 Å². The van der Waals surface area contributed by atoms with E-state index < -0.39 is 0 Å². The predicted octanol–water partition coefficient (Wildman–Crippen LogP) is 3.99. The molecule has 0 saturated heterocycles. The zero-order valence-corrected chi connectivity index (χ0v) is 12.6. The molecule has 0 aliphatic rings. The molecule has 0 amide bonds. The van der Waals surface area contributed by atoms with E-state index in [0.29, 0.717) is 0 Å². The molecule has 106 valence electrons. The molecule has 0 aliphatic heterocycles. The summed E-state index contributed by atoms with van der Waals surface area (Å²) in [5.41, 5.74) is 4.51. The maximum absolute atomic E-state index is 4.58. The molecule has 0 saturated carbocycles. The molecule has 0 aliphatic carbocycles. The van der Waals surface area contributed by atoms with Crippen LogP contribution in [0.25, 0.3) is 10.9 Å². The second kappa shape index (κ2) is 5.44. The Bertz CT molecular complexity index is 780. The van der Waals surface area contributed by atoms with Gasteiger partial charge in [-0.2, -0.15) is 0 Å². The lowest BCUT2D eigenvalue weighted by molar-refractivity contribution is 0.968. The first kappa shape index (κ1) is 13.4. The van der Waals surface area contributed by atoms with Gasteiger partial charge in [0.2, 0.25) is 0 Å². The molecule has 2 aromatic carbocycles. The normalized spacial score (nSPS) is 11.4. The van der Waals surface area contributed by atoms with E-state index in [1.807, 2.05) is 32.4 Å². The fourth-order valence-electron chi connectivity index (χ4n) is 2.46. The van der Waals surface area contributed by atoms with Crippen LogP contribution in [0.4, 0.5) is 11.4 Å². The van der Waals surface area contributed by atoms with Gasteiger partial charge in [-0.05, 0) is 30.3 Å². The van der Waals surface area contributed by atoms with Crippen LogP contribution in [0.2, 0.25) is 0 Å². The van der Waals surface area contributed by atoms with Gasteiger partial charge in [0, 0.05) is 55.7 Å². The molecule has 0 fully saturated rings. The maximum Gasteiger partial charge on any atom is 0.0631 e. The fourth-order valence-corrected chi connectivity index (χ4v) is 2.46. The van der Waals surface area contributed by atoms with Gasteiger partial charge in [0.1, 0.15) is 0 Å². The van der Waals surface area contributed by atoms with E-state index in [-0.39, 0.29) is 0 Å². The van der Waals surface area contributed by atoms with Gasteiger partial charge in [0.05, 0.1) is 5.69 Å². The Balaban J connectivity index is 1.91. The Hall–Kier alpha value is -2.55. The van der Waals surface area contributed by atoms with E-state index in [4.69, 9.17) is 0 Å². The Labute approximate surface area is 125 Å². The van der Waals surface area contributed by atoms with Gasteiger partial charge in [-0.3, -0.25) is 4.99 Å². The molecule has 0 spiro atoms. The first-order valence-corrected chi connectivity index (χ1v) is 7.00. The number of aromatic nitrogens is 1. The lowest BCUT2D eigenvalue weighted by atomic mass is 10.2. The minimum atomic E-state index is 0.966. The number of aryl methyl sites for hydroxylation is 1. The van der Waals surface area contributed by atoms with Crippen molar-refractivity contribution in [2.24, 2.45) is 12.0 Å². The van der Waals surface area contributed by atoms with E-state index >= 15 is 0 Å². The topological polar surface area (TPSA) is 20.5 Å². The molecular weight excluding hydrogens is 258 g/mol. The summed E-state index contributed by atoms with van der Waals surface area (Å²) in [5.74, 6) is 0. The molecular formula is C18H19N3. The highest BCUT2D eigenvalue weighted by Crippen LogP contribution is 2.21. The number of hydrogen-bond acceptors (Lipinski definition) is 2. The van der Waals surface area contributed by atoms with Crippen molar-refractivity contribution in [2.75, 3.05) is 19.0 Å². The van der Waals surface area contributed by atoms with Crippen LogP contribution >= 0.6 is 0 Å². The van der Waals surface area contributed by atoms with Crippen molar-refractivity contribution in [3.8, 4) is 0 Å². The van der Waals surface area contributed by atoms with Crippen LogP contribution in [0.3, 0.4) is 0 Å². The summed E-state index contributed by atoms with van der Waals surface area (Å²) in [7, 11) is 6.13. The third-order valence-corrected chi connectivity index (χ3v) is 3.65. The monoisotopic (exact) mass is 277 g/mol. The average Bonchev–Trinajstić information content (AvgIpc) is 2.83. The Morgan fingerprint density at radius 2 is 1.71 bits per heavy atom. The summed E-state index contributed by atoms with van der Waals surface area (Å²) in [6.45, 7) is 0. The highest BCUT2D eigenvalue weighted by atomic mass is 15.1. The zero-order chi connectivity index (χ0) is 14.8. The number of para-hydroxylation sites is 1. The highest BCUT2D eigenvalue weighted by molar-refractivity contribution is 6.00. The molecule has 3 rings (SSSR count). The van der Waals surface area contributed by atoms with Crippen LogP contribution in [0.5, 0.6) is 0 Å². The lowest BCUT2D eigenvalue weighted by Gasteiger charge is -2.11. The molecule has 0 atom stereocenters. The van der Waals surface area contributed by atoms with Crippen molar-refractivity contribution in [3.63, 3.8) is 0 Å². The van der Waals surface area contributed by atoms with Crippen LogP contribution < -0.4 is 4.90 Å². The summed E-state index contributed by atoms with van der Waals surface area (Å²) in [6, 6.07) is 16.6. The van der Waals surface area contributed by atoms with Crippen molar-refractivity contribution >= 4 is 28.5 Å². The number of hydrogen-bond donors (Lipinski definition) is 0. The summed E-state index contributed by atoms with van der Waals surface area (Å²) in [6.07, 6.45) is 4.05. The third-order valence-electron chi connectivity index (χ3n) is 3.65. The number of benzene rings is 2.